The zero-order valence-electron chi connectivity index (χ0n) is 13.9. The summed E-state index contributed by atoms with van der Waals surface area (Å²) < 4.78 is 1.39. The minimum Gasteiger partial charge on any atom is -0.480 e. The molecule has 132 valence electrons. The molecule has 25 heavy (non-hydrogen) atoms. The molecule has 2 N–H and O–H groups in total. The van der Waals surface area contributed by atoms with Gasteiger partial charge >= 0.3 is 5.97 Å². The van der Waals surface area contributed by atoms with Crippen LogP contribution >= 0.6 is 0 Å². The molecule has 0 spiro atoms. The van der Waals surface area contributed by atoms with Crippen LogP contribution in [0.3, 0.4) is 0 Å². The lowest BCUT2D eigenvalue weighted by molar-refractivity contribution is -0.137. The Balaban J connectivity index is 1.74. The van der Waals surface area contributed by atoms with Crippen LogP contribution in [-0.2, 0) is 11.3 Å². The fourth-order valence-electron chi connectivity index (χ4n) is 3.21. The minimum atomic E-state index is -0.945. The number of rotatable bonds is 4. The van der Waals surface area contributed by atoms with Gasteiger partial charge in [-0.15, -0.1) is 0 Å². The Bertz CT molecular complexity index is 854. The second-order valence-corrected chi connectivity index (χ2v) is 6.34. The third-order valence-electron chi connectivity index (χ3n) is 4.31. The molecule has 8 heteroatoms. The van der Waals surface area contributed by atoms with Crippen LogP contribution in [0, 0.1) is 6.92 Å². The summed E-state index contributed by atoms with van der Waals surface area (Å²) in [5.74, 6) is -1.04. The molecule has 3 rings (SSSR count). The van der Waals surface area contributed by atoms with Crippen molar-refractivity contribution in [3.05, 3.63) is 51.7 Å². The van der Waals surface area contributed by atoms with E-state index in [4.69, 9.17) is 5.11 Å². The topological polar surface area (TPSA) is 108 Å². The van der Waals surface area contributed by atoms with E-state index in [1.807, 2.05) is 0 Å². The molecule has 0 saturated carbocycles. The van der Waals surface area contributed by atoms with Crippen molar-refractivity contribution in [2.75, 3.05) is 13.1 Å². The Morgan fingerprint density at radius 3 is 2.92 bits per heavy atom. The van der Waals surface area contributed by atoms with Gasteiger partial charge in [-0.05, 0) is 31.9 Å². The standard InChI is InChI=1S/C17H20N4O4/c1-11-7-13(8-15(22)18-11)17(25)20-5-2-3-12(9-20)14-4-6-21(19-14)10-16(23)24/h4,6-8,12H,2-3,5,9-10H2,1H3,(H,18,22)(H,23,24)/t12-/m1/s1. The Hall–Kier alpha value is -2.90. The number of aromatic amines is 1. The summed E-state index contributed by atoms with van der Waals surface area (Å²) in [7, 11) is 0. The molecular formula is C17H20N4O4. The van der Waals surface area contributed by atoms with Crippen LogP contribution in [0.25, 0.3) is 0 Å². The summed E-state index contributed by atoms with van der Waals surface area (Å²) in [6.07, 6.45) is 3.37. The Kier molecular flexibility index (Phi) is 4.69. The zero-order chi connectivity index (χ0) is 18.0. The first-order valence-electron chi connectivity index (χ1n) is 8.18. The van der Waals surface area contributed by atoms with Gasteiger partial charge in [0.1, 0.15) is 6.54 Å². The molecule has 8 nitrogen and oxygen atoms in total. The SMILES string of the molecule is Cc1cc(C(=O)N2CCC[C@@H](c3ccn(CC(=O)O)n3)C2)cc(=O)[nH]1. The van der Waals surface area contributed by atoms with E-state index in [0.717, 1.165) is 18.5 Å². The summed E-state index contributed by atoms with van der Waals surface area (Å²) in [6, 6.07) is 4.80. The first-order valence-corrected chi connectivity index (χ1v) is 8.18. The van der Waals surface area contributed by atoms with E-state index in [2.05, 4.69) is 10.1 Å². The van der Waals surface area contributed by atoms with Gasteiger partial charge in [0, 0.05) is 42.5 Å². The molecule has 1 saturated heterocycles. The fourth-order valence-corrected chi connectivity index (χ4v) is 3.21. The van der Waals surface area contributed by atoms with Crippen LogP contribution in [0.5, 0.6) is 0 Å². The number of carbonyl (C=O) groups is 2. The Morgan fingerprint density at radius 1 is 1.40 bits per heavy atom. The number of likely N-dealkylation sites (tertiary alicyclic amines) is 1. The van der Waals surface area contributed by atoms with Crippen LogP contribution in [0.2, 0.25) is 0 Å². The van der Waals surface area contributed by atoms with Crippen molar-refractivity contribution < 1.29 is 14.7 Å². The molecular weight excluding hydrogens is 324 g/mol. The maximum atomic E-state index is 12.7. The van der Waals surface area contributed by atoms with Gasteiger partial charge < -0.3 is 15.0 Å². The molecule has 0 unspecified atom stereocenters. The third kappa shape index (κ3) is 3.96. The molecule has 1 aliphatic heterocycles. The number of hydrogen-bond acceptors (Lipinski definition) is 4. The molecule has 1 amide bonds. The number of carboxylic acid groups (broad SMARTS) is 1. The van der Waals surface area contributed by atoms with E-state index in [9.17, 15) is 14.4 Å². The first-order chi connectivity index (χ1) is 11.9. The quantitative estimate of drug-likeness (QED) is 0.860. The highest BCUT2D eigenvalue weighted by atomic mass is 16.4. The highest BCUT2D eigenvalue weighted by Crippen LogP contribution is 2.26. The lowest BCUT2D eigenvalue weighted by atomic mass is 9.94. The number of piperidine rings is 1. The highest BCUT2D eigenvalue weighted by Gasteiger charge is 2.27. The lowest BCUT2D eigenvalue weighted by Crippen LogP contribution is -2.39. The maximum absolute atomic E-state index is 12.7. The van der Waals surface area contributed by atoms with Crippen molar-refractivity contribution in [3.8, 4) is 0 Å². The van der Waals surface area contributed by atoms with Gasteiger partial charge in [0.05, 0.1) is 5.69 Å². The van der Waals surface area contributed by atoms with Crippen LogP contribution in [0.1, 0.15) is 40.5 Å². The number of nitrogens with zero attached hydrogens (tertiary/aromatic N) is 3. The number of pyridine rings is 1. The smallest absolute Gasteiger partial charge is 0.325 e. The number of carboxylic acids is 1. The van der Waals surface area contributed by atoms with Gasteiger partial charge in [-0.3, -0.25) is 19.1 Å². The summed E-state index contributed by atoms with van der Waals surface area (Å²) in [6.45, 7) is 2.71. The van der Waals surface area contributed by atoms with Gasteiger partial charge in [-0.1, -0.05) is 0 Å². The summed E-state index contributed by atoms with van der Waals surface area (Å²) in [4.78, 5) is 39.4. The summed E-state index contributed by atoms with van der Waals surface area (Å²) >= 11 is 0. The number of aliphatic carboxylic acids is 1. The summed E-state index contributed by atoms with van der Waals surface area (Å²) in [5.41, 5.74) is 1.54. The molecule has 1 fully saturated rings. The second kappa shape index (κ2) is 6.92. The van der Waals surface area contributed by atoms with E-state index >= 15 is 0 Å². The maximum Gasteiger partial charge on any atom is 0.325 e. The van der Waals surface area contributed by atoms with Crippen molar-refractivity contribution in [2.45, 2.75) is 32.2 Å². The number of carbonyl (C=O) groups excluding carboxylic acids is 1. The molecule has 0 aliphatic carbocycles. The molecule has 2 aromatic heterocycles. The average molecular weight is 344 g/mol. The number of amides is 1. The van der Waals surface area contributed by atoms with E-state index in [-0.39, 0.29) is 23.9 Å². The molecule has 1 atom stereocenters. The molecule has 0 radical (unpaired) electrons. The van der Waals surface area contributed by atoms with Gasteiger partial charge in [0.2, 0.25) is 5.56 Å². The monoisotopic (exact) mass is 344 g/mol. The predicted octanol–water partition coefficient (Wildman–Crippen LogP) is 0.984. The Morgan fingerprint density at radius 2 is 2.20 bits per heavy atom. The van der Waals surface area contributed by atoms with Crippen LogP contribution in [0.15, 0.2) is 29.2 Å². The largest absolute Gasteiger partial charge is 0.480 e. The molecule has 0 bridgehead atoms. The van der Waals surface area contributed by atoms with Gasteiger partial charge in [0.15, 0.2) is 0 Å². The first kappa shape index (κ1) is 16.9. The van der Waals surface area contributed by atoms with Crippen molar-refractivity contribution in [1.29, 1.82) is 0 Å². The van der Waals surface area contributed by atoms with Gasteiger partial charge in [-0.25, -0.2) is 0 Å². The molecule has 0 aromatic carbocycles. The van der Waals surface area contributed by atoms with Crippen molar-refractivity contribution in [3.63, 3.8) is 0 Å². The van der Waals surface area contributed by atoms with Crippen molar-refractivity contribution in [1.82, 2.24) is 19.7 Å². The number of hydrogen-bond donors (Lipinski definition) is 2. The number of aryl methyl sites for hydroxylation is 1. The van der Waals surface area contributed by atoms with E-state index in [1.165, 1.54) is 10.7 Å². The van der Waals surface area contributed by atoms with Gasteiger partial charge in [-0.2, -0.15) is 5.10 Å². The lowest BCUT2D eigenvalue weighted by Gasteiger charge is -2.32. The van der Waals surface area contributed by atoms with Crippen LogP contribution in [0.4, 0.5) is 0 Å². The van der Waals surface area contributed by atoms with Crippen LogP contribution in [-0.4, -0.2) is 49.7 Å². The second-order valence-electron chi connectivity index (χ2n) is 6.34. The van der Waals surface area contributed by atoms with Gasteiger partial charge in [0.25, 0.3) is 5.91 Å². The van der Waals surface area contributed by atoms with E-state index < -0.39 is 5.97 Å². The van der Waals surface area contributed by atoms with Crippen molar-refractivity contribution >= 4 is 11.9 Å². The van der Waals surface area contributed by atoms with Crippen molar-refractivity contribution in [2.24, 2.45) is 0 Å². The van der Waals surface area contributed by atoms with E-state index in [0.29, 0.717) is 24.3 Å². The number of aromatic nitrogens is 3. The van der Waals surface area contributed by atoms with E-state index in [1.54, 1.807) is 30.2 Å². The normalized spacial score (nSPS) is 17.5. The Labute approximate surface area is 144 Å². The number of nitrogens with one attached hydrogen (secondary N) is 1. The number of H-pyrrole nitrogens is 1. The zero-order valence-corrected chi connectivity index (χ0v) is 13.9. The molecule has 2 aromatic rings. The molecule has 3 heterocycles. The predicted molar refractivity (Wildman–Crippen MR) is 89.5 cm³/mol. The summed E-state index contributed by atoms with van der Waals surface area (Å²) in [5, 5.41) is 13.1. The minimum absolute atomic E-state index is 0.0656. The van der Waals surface area contributed by atoms with Crippen LogP contribution < -0.4 is 5.56 Å². The average Bonchev–Trinajstić information content (AvgIpc) is 3.01. The third-order valence-corrected chi connectivity index (χ3v) is 4.31. The fraction of sp³-hybridized carbons (Fsp3) is 0.412. The highest BCUT2D eigenvalue weighted by molar-refractivity contribution is 5.94. The molecule has 1 aliphatic rings.